The third kappa shape index (κ3) is 4.14. The maximum atomic E-state index is 12.6. The average molecular weight is 337 g/mol. The summed E-state index contributed by atoms with van der Waals surface area (Å²) in [4.78, 5) is 2.81. The van der Waals surface area contributed by atoms with Crippen molar-refractivity contribution in [1.29, 1.82) is 0 Å². The van der Waals surface area contributed by atoms with Crippen LogP contribution in [0.15, 0.2) is 29.2 Å². The van der Waals surface area contributed by atoms with Gasteiger partial charge in [0.25, 0.3) is 0 Å². The summed E-state index contributed by atoms with van der Waals surface area (Å²) in [6.45, 7) is 8.32. The van der Waals surface area contributed by atoms with Crippen molar-refractivity contribution in [2.75, 3.05) is 13.1 Å². The third-order valence-corrected chi connectivity index (χ3v) is 6.39. The first-order valence-electron chi connectivity index (χ1n) is 8.70. The molecular weight excluding hydrogens is 308 g/mol. The molecule has 0 bridgehead atoms. The first-order chi connectivity index (χ1) is 10.8. The van der Waals surface area contributed by atoms with Crippen molar-refractivity contribution in [3.8, 4) is 0 Å². The van der Waals surface area contributed by atoms with E-state index in [2.05, 4.69) is 30.4 Å². The van der Waals surface area contributed by atoms with Crippen LogP contribution in [0.4, 0.5) is 0 Å². The Bertz CT molecular complexity index is 635. The van der Waals surface area contributed by atoms with Crippen LogP contribution in [0.5, 0.6) is 0 Å². The molecule has 5 heteroatoms. The molecule has 1 aliphatic carbocycles. The van der Waals surface area contributed by atoms with Crippen LogP contribution in [0.25, 0.3) is 0 Å². The number of likely N-dealkylation sites (tertiary alicyclic amines) is 1. The highest BCUT2D eigenvalue weighted by Gasteiger charge is 2.39. The Labute approximate surface area is 140 Å². The Balaban J connectivity index is 1.66. The molecule has 1 heterocycles. The van der Waals surface area contributed by atoms with Crippen LogP contribution < -0.4 is 4.72 Å². The fourth-order valence-corrected chi connectivity index (χ4v) is 4.77. The molecule has 2 aliphatic rings. The lowest BCUT2D eigenvalue weighted by atomic mass is 10.0. The van der Waals surface area contributed by atoms with E-state index in [9.17, 15) is 8.42 Å². The van der Waals surface area contributed by atoms with Gasteiger partial charge in [-0.3, -0.25) is 4.90 Å². The monoisotopic (exact) mass is 336 g/mol. The van der Waals surface area contributed by atoms with Crippen molar-refractivity contribution in [3.63, 3.8) is 0 Å². The van der Waals surface area contributed by atoms with Crippen LogP contribution in [0.3, 0.4) is 0 Å². The zero-order chi connectivity index (χ0) is 16.6. The van der Waals surface area contributed by atoms with Gasteiger partial charge in [0.1, 0.15) is 0 Å². The molecule has 0 unspecified atom stereocenters. The Morgan fingerprint density at radius 2 is 1.83 bits per heavy atom. The molecule has 1 aliphatic heterocycles. The number of sulfonamides is 1. The second-order valence-electron chi connectivity index (χ2n) is 7.63. The summed E-state index contributed by atoms with van der Waals surface area (Å²) in [5.74, 6) is 0.939. The minimum Gasteiger partial charge on any atom is -0.298 e. The number of nitrogens with zero attached hydrogens (tertiary/aromatic N) is 1. The van der Waals surface area contributed by atoms with Crippen LogP contribution in [0.1, 0.15) is 39.2 Å². The highest BCUT2D eigenvalue weighted by Crippen LogP contribution is 2.32. The molecule has 1 aromatic rings. The number of benzene rings is 1. The molecule has 1 saturated heterocycles. The van der Waals surface area contributed by atoms with Crippen LogP contribution >= 0.6 is 0 Å². The van der Waals surface area contributed by atoms with E-state index in [-0.39, 0.29) is 6.04 Å². The molecule has 1 N–H and O–H groups in total. The van der Waals surface area contributed by atoms with Gasteiger partial charge in [-0.25, -0.2) is 13.1 Å². The van der Waals surface area contributed by atoms with E-state index in [1.807, 2.05) is 12.1 Å². The van der Waals surface area contributed by atoms with Crippen molar-refractivity contribution < 1.29 is 8.42 Å². The predicted molar refractivity (Wildman–Crippen MR) is 92.9 cm³/mol. The van der Waals surface area contributed by atoms with Crippen LogP contribution in [-0.4, -0.2) is 38.5 Å². The molecule has 1 saturated carbocycles. The number of hydrogen-bond donors (Lipinski definition) is 1. The van der Waals surface area contributed by atoms with E-state index in [4.69, 9.17) is 0 Å². The van der Waals surface area contributed by atoms with E-state index in [0.29, 0.717) is 22.8 Å². The molecule has 0 amide bonds. The Kier molecular flexibility index (Phi) is 4.81. The molecule has 4 nitrogen and oxygen atoms in total. The minimum absolute atomic E-state index is 0.0240. The first kappa shape index (κ1) is 16.9. The fraction of sp³-hybridized carbons (Fsp3) is 0.667. The first-order valence-corrected chi connectivity index (χ1v) is 10.2. The summed E-state index contributed by atoms with van der Waals surface area (Å²) in [6, 6.07) is 8.06. The van der Waals surface area contributed by atoms with Crippen molar-refractivity contribution in [1.82, 2.24) is 9.62 Å². The lowest BCUT2D eigenvalue weighted by Gasteiger charge is -2.17. The second kappa shape index (κ2) is 6.54. The van der Waals surface area contributed by atoms with Gasteiger partial charge in [-0.05, 0) is 48.8 Å². The standard InChI is InChI=1S/C18H28N2O2S/c1-13(2)10-15-4-8-17(9-5-15)23(21,22)19-18-12-20(11-14(18)3)16-6-7-16/h4-5,8-9,13-14,16,18-19H,6-7,10-12H2,1-3H3/t14-,18+/m1/s1. The molecule has 3 rings (SSSR count). The van der Waals surface area contributed by atoms with Gasteiger partial charge in [-0.15, -0.1) is 0 Å². The van der Waals surface area contributed by atoms with Gasteiger partial charge in [0.05, 0.1) is 4.90 Å². The third-order valence-electron chi connectivity index (χ3n) is 4.89. The molecule has 0 radical (unpaired) electrons. The van der Waals surface area contributed by atoms with E-state index < -0.39 is 10.0 Å². The number of nitrogens with one attached hydrogen (secondary N) is 1. The van der Waals surface area contributed by atoms with E-state index >= 15 is 0 Å². The van der Waals surface area contributed by atoms with E-state index in [0.717, 1.165) is 19.5 Å². The van der Waals surface area contributed by atoms with Crippen molar-refractivity contribution >= 4 is 10.0 Å². The summed E-state index contributed by atoms with van der Waals surface area (Å²) in [7, 11) is -3.43. The summed E-state index contributed by atoms with van der Waals surface area (Å²) in [6.07, 6.45) is 3.51. The quantitative estimate of drug-likeness (QED) is 0.869. The van der Waals surface area contributed by atoms with Crippen LogP contribution in [-0.2, 0) is 16.4 Å². The van der Waals surface area contributed by atoms with Crippen molar-refractivity contribution in [2.45, 2.75) is 57.0 Å². The van der Waals surface area contributed by atoms with E-state index in [1.165, 1.54) is 18.4 Å². The summed E-state index contributed by atoms with van der Waals surface area (Å²) in [5, 5.41) is 0. The van der Waals surface area contributed by atoms with E-state index in [1.54, 1.807) is 12.1 Å². The molecule has 0 spiro atoms. The Morgan fingerprint density at radius 3 is 2.39 bits per heavy atom. The van der Waals surface area contributed by atoms with Gasteiger partial charge in [-0.1, -0.05) is 32.9 Å². The lowest BCUT2D eigenvalue weighted by Crippen LogP contribution is -2.40. The normalized spacial score (nSPS) is 26.1. The zero-order valence-electron chi connectivity index (χ0n) is 14.3. The SMILES string of the molecule is CC(C)Cc1ccc(S(=O)(=O)N[C@H]2CN(C3CC3)C[C@H]2C)cc1. The molecular formula is C18H28N2O2S. The average Bonchev–Trinajstić information content (AvgIpc) is 3.25. The fourth-order valence-electron chi connectivity index (χ4n) is 3.44. The van der Waals surface area contributed by atoms with Gasteiger partial charge in [0.15, 0.2) is 0 Å². The highest BCUT2D eigenvalue weighted by molar-refractivity contribution is 7.89. The van der Waals surface area contributed by atoms with Crippen LogP contribution in [0.2, 0.25) is 0 Å². The summed E-state index contributed by atoms with van der Waals surface area (Å²) in [5.41, 5.74) is 1.19. The number of rotatable bonds is 6. The van der Waals surface area contributed by atoms with Crippen molar-refractivity contribution in [3.05, 3.63) is 29.8 Å². The number of hydrogen-bond acceptors (Lipinski definition) is 3. The molecule has 1 aromatic carbocycles. The second-order valence-corrected chi connectivity index (χ2v) is 9.35. The maximum Gasteiger partial charge on any atom is 0.240 e. The molecule has 23 heavy (non-hydrogen) atoms. The maximum absolute atomic E-state index is 12.6. The highest BCUT2D eigenvalue weighted by atomic mass is 32.2. The van der Waals surface area contributed by atoms with Gasteiger partial charge < -0.3 is 0 Å². The lowest BCUT2D eigenvalue weighted by molar-refractivity contribution is 0.315. The van der Waals surface area contributed by atoms with Gasteiger partial charge in [0, 0.05) is 25.2 Å². The van der Waals surface area contributed by atoms with Gasteiger partial charge >= 0.3 is 0 Å². The van der Waals surface area contributed by atoms with Crippen molar-refractivity contribution in [2.24, 2.45) is 11.8 Å². The summed E-state index contributed by atoms with van der Waals surface area (Å²) >= 11 is 0. The molecule has 128 valence electrons. The smallest absolute Gasteiger partial charge is 0.240 e. The topological polar surface area (TPSA) is 49.4 Å². The predicted octanol–water partition coefficient (Wildman–Crippen LogP) is 2.65. The zero-order valence-corrected chi connectivity index (χ0v) is 15.1. The molecule has 2 fully saturated rings. The Hall–Kier alpha value is -0.910. The molecule has 2 atom stereocenters. The molecule has 0 aromatic heterocycles. The summed E-state index contributed by atoms with van der Waals surface area (Å²) < 4.78 is 28.2. The van der Waals surface area contributed by atoms with Gasteiger partial charge in [0.2, 0.25) is 10.0 Å². The largest absolute Gasteiger partial charge is 0.298 e. The van der Waals surface area contributed by atoms with Crippen LogP contribution in [0, 0.1) is 11.8 Å². The minimum atomic E-state index is -3.43. The van der Waals surface area contributed by atoms with Gasteiger partial charge in [-0.2, -0.15) is 0 Å². The Morgan fingerprint density at radius 1 is 1.17 bits per heavy atom.